The van der Waals surface area contributed by atoms with Crippen molar-refractivity contribution in [2.75, 3.05) is 6.54 Å². The molecule has 2 aromatic rings. The van der Waals surface area contributed by atoms with Crippen molar-refractivity contribution in [2.24, 2.45) is 0 Å². The molecule has 0 radical (unpaired) electrons. The number of aromatic nitrogens is 1. The molecule has 0 bridgehead atoms. The highest BCUT2D eigenvalue weighted by atomic mass is 35.5. The van der Waals surface area contributed by atoms with Crippen LogP contribution in [0.1, 0.15) is 70.6 Å². The fraction of sp³-hybridized carbons (Fsp3) is 0.583. The van der Waals surface area contributed by atoms with Crippen LogP contribution in [0, 0.1) is 0 Å². The fourth-order valence-corrected chi connectivity index (χ4v) is 4.70. The minimum Gasteiger partial charge on any atom is -0.444 e. The minimum absolute atomic E-state index is 0.0280. The van der Waals surface area contributed by atoms with Crippen molar-refractivity contribution in [3.8, 4) is 11.3 Å². The summed E-state index contributed by atoms with van der Waals surface area (Å²) in [6, 6.07) is 5.44. The van der Waals surface area contributed by atoms with Gasteiger partial charge < -0.3 is 18.9 Å². The third-order valence-electron chi connectivity index (χ3n) is 5.89. The molecule has 2 atom stereocenters. The normalized spacial score (nSPS) is 21.6. The zero-order valence-corrected chi connectivity index (χ0v) is 20.5. The van der Waals surface area contributed by atoms with Gasteiger partial charge in [-0.15, -0.1) is 0 Å². The third kappa shape index (κ3) is 5.24. The van der Waals surface area contributed by atoms with E-state index in [4.69, 9.17) is 37.2 Å². The van der Waals surface area contributed by atoms with Crippen LogP contribution in [0.5, 0.6) is 0 Å². The lowest BCUT2D eigenvalue weighted by atomic mass is 10.0. The van der Waals surface area contributed by atoms with Gasteiger partial charge in [0.2, 0.25) is 0 Å². The summed E-state index contributed by atoms with van der Waals surface area (Å²) in [5.74, 6) is 1.25. The molecule has 1 saturated heterocycles. The first-order valence-electron chi connectivity index (χ1n) is 11.2. The van der Waals surface area contributed by atoms with Gasteiger partial charge in [0, 0.05) is 29.6 Å². The molecule has 2 fully saturated rings. The Hall–Kier alpha value is -1.76. The number of benzene rings is 1. The lowest BCUT2D eigenvalue weighted by Crippen LogP contribution is -2.48. The monoisotopic (exact) mass is 480 g/mol. The van der Waals surface area contributed by atoms with Gasteiger partial charge in [-0.1, -0.05) is 34.4 Å². The Kier molecular flexibility index (Phi) is 6.76. The third-order valence-corrected chi connectivity index (χ3v) is 6.52. The van der Waals surface area contributed by atoms with E-state index < -0.39 is 5.60 Å². The number of amides is 1. The van der Waals surface area contributed by atoms with E-state index in [1.54, 1.807) is 17.0 Å². The molecule has 8 heteroatoms. The first kappa shape index (κ1) is 23.4. The number of halogens is 2. The predicted molar refractivity (Wildman–Crippen MR) is 124 cm³/mol. The SMILES string of the molecule is CC1CC(OCc2c(-c3c(Cl)cccc3Cl)noc2C2CC2)CCN1C(=O)OC(C)(C)C. The molecular formula is C24H30Cl2N2O4. The number of ether oxygens (including phenoxy) is 2. The molecule has 2 heterocycles. The van der Waals surface area contributed by atoms with Gasteiger partial charge in [0.05, 0.1) is 22.8 Å². The van der Waals surface area contributed by atoms with Crippen LogP contribution in [0.15, 0.2) is 22.7 Å². The quantitative estimate of drug-likeness (QED) is 0.468. The summed E-state index contributed by atoms with van der Waals surface area (Å²) < 4.78 is 17.6. The van der Waals surface area contributed by atoms with Gasteiger partial charge >= 0.3 is 6.09 Å². The van der Waals surface area contributed by atoms with Crippen LogP contribution in [0.25, 0.3) is 11.3 Å². The average molecular weight is 481 g/mol. The van der Waals surface area contributed by atoms with E-state index in [0.717, 1.165) is 37.0 Å². The van der Waals surface area contributed by atoms with E-state index in [2.05, 4.69) is 5.16 Å². The summed E-state index contributed by atoms with van der Waals surface area (Å²) in [6.07, 6.45) is 3.42. The molecule has 32 heavy (non-hydrogen) atoms. The van der Waals surface area contributed by atoms with Gasteiger partial charge in [0.15, 0.2) is 0 Å². The number of carbonyl (C=O) groups excluding carboxylic acids is 1. The van der Waals surface area contributed by atoms with E-state index >= 15 is 0 Å². The molecule has 174 valence electrons. The number of piperidine rings is 1. The van der Waals surface area contributed by atoms with Crippen LogP contribution in [0.3, 0.4) is 0 Å². The smallest absolute Gasteiger partial charge is 0.410 e. The molecule has 1 amide bonds. The van der Waals surface area contributed by atoms with Gasteiger partial charge in [-0.3, -0.25) is 0 Å². The minimum atomic E-state index is -0.506. The molecule has 6 nitrogen and oxygen atoms in total. The zero-order chi connectivity index (χ0) is 23.0. The van der Waals surface area contributed by atoms with Gasteiger partial charge in [0.25, 0.3) is 0 Å². The summed E-state index contributed by atoms with van der Waals surface area (Å²) >= 11 is 12.9. The number of nitrogens with zero attached hydrogens (tertiary/aromatic N) is 2. The molecule has 1 aliphatic carbocycles. The Balaban J connectivity index is 1.46. The van der Waals surface area contributed by atoms with Crippen molar-refractivity contribution in [1.82, 2.24) is 10.1 Å². The summed E-state index contributed by atoms with van der Waals surface area (Å²) in [4.78, 5) is 14.3. The second-order valence-corrected chi connectivity index (χ2v) is 10.5. The molecule has 0 spiro atoms. The first-order chi connectivity index (χ1) is 15.1. The van der Waals surface area contributed by atoms with Crippen molar-refractivity contribution < 1.29 is 18.8 Å². The molecule has 2 unspecified atom stereocenters. The second-order valence-electron chi connectivity index (χ2n) is 9.73. The molecule has 2 aliphatic rings. The largest absolute Gasteiger partial charge is 0.444 e. The molecule has 1 aliphatic heterocycles. The average Bonchev–Trinajstić information content (AvgIpc) is 3.46. The highest BCUT2D eigenvalue weighted by molar-refractivity contribution is 6.39. The number of likely N-dealkylation sites (tertiary alicyclic amines) is 1. The van der Waals surface area contributed by atoms with Crippen molar-refractivity contribution in [2.45, 2.75) is 83.6 Å². The van der Waals surface area contributed by atoms with E-state index in [0.29, 0.717) is 40.4 Å². The summed E-state index contributed by atoms with van der Waals surface area (Å²) in [5, 5.41) is 5.40. The lowest BCUT2D eigenvalue weighted by molar-refractivity contribution is -0.0331. The Morgan fingerprint density at radius 2 is 1.91 bits per heavy atom. The summed E-state index contributed by atoms with van der Waals surface area (Å²) in [7, 11) is 0. The molecule has 1 saturated carbocycles. The zero-order valence-electron chi connectivity index (χ0n) is 19.0. The van der Waals surface area contributed by atoms with Crippen molar-refractivity contribution in [3.63, 3.8) is 0 Å². The Morgan fingerprint density at radius 3 is 2.50 bits per heavy atom. The highest BCUT2D eigenvalue weighted by Crippen LogP contribution is 2.46. The summed E-state index contributed by atoms with van der Waals surface area (Å²) in [5.41, 5.74) is 1.75. The van der Waals surface area contributed by atoms with Crippen molar-refractivity contribution in [3.05, 3.63) is 39.6 Å². The molecule has 4 rings (SSSR count). The van der Waals surface area contributed by atoms with Crippen molar-refractivity contribution >= 4 is 29.3 Å². The van der Waals surface area contributed by atoms with E-state index in [9.17, 15) is 4.79 Å². The maximum absolute atomic E-state index is 12.5. The highest BCUT2D eigenvalue weighted by Gasteiger charge is 2.35. The van der Waals surface area contributed by atoms with Crippen LogP contribution < -0.4 is 0 Å². The van der Waals surface area contributed by atoms with Gasteiger partial charge in [-0.2, -0.15) is 0 Å². The fourth-order valence-electron chi connectivity index (χ4n) is 4.12. The first-order valence-corrected chi connectivity index (χ1v) is 11.9. The van der Waals surface area contributed by atoms with Gasteiger partial charge in [-0.05, 0) is 65.5 Å². The van der Waals surface area contributed by atoms with Crippen LogP contribution in [-0.4, -0.2) is 40.4 Å². The van der Waals surface area contributed by atoms with Crippen LogP contribution in [0.4, 0.5) is 4.79 Å². The number of rotatable bonds is 5. The van der Waals surface area contributed by atoms with Crippen LogP contribution in [-0.2, 0) is 16.1 Å². The second kappa shape index (κ2) is 9.24. The Bertz CT molecular complexity index is 961. The van der Waals surface area contributed by atoms with Gasteiger partial charge in [0.1, 0.15) is 17.1 Å². The van der Waals surface area contributed by atoms with Gasteiger partial charge in [-0.25, -0.2) is 4.79 Å². The lowest BCUT2D eigenvalue weighted by Gasteiger charge is -2.38. The maximum Gasteiger partial charge on any atom is 0.410 e. The Morgan fingerprint density at radius 1 is 1.22 bits per heavy atom. The Labute approximate surface area is 199 Å². The molecule has 0 N–H and O–H groups in total. The standard InChI is InChI=1S/C24H30Cl2N2O4/c1-14-12-16(10-11-28(14)23(29)31-24(2,3)4)30-13-17-21(27-32-22(17)15-8-9-15)20-18(25)6-5-7-19(20)26/h5-7,14-16H,8-13H2,1-4H3. The predicted octanol–water partition coefficient (Wildman–Crippen LogP) is 6.83. The van der Waals surface area contributed by atoms with Crippen molar-refractivity contribution in [1.29, 1.82) is 0 Å². The van der Waals surface area contributed by atoms with E-state index in [1.807, 2.05) is 33.8 Å². The number of hydrogen-bond donors (Lipinski definition) is 0. The maximum atomic E-state index is 12.5. The van der Waals surface area contributed by atoms with E-state index in [1.165, 1.54) is 0 Å². The number of carbonyl (C=O) groups is 1. The van der Waals surface area contributed by atoms with E-state index in [-0.39, 0.29) is 18.2 Å². The topological polar surface area (TPSA) is 64.8 Å². The van der Waals surface area contributed by atoms with Crippen LogP contribution in [0.2, 0.25) is 10.0 Å². The van der Waals surface area contributed by atoms with Crippen LogP contribution >= 0.6 is 23.2 Å². The summed E-state index contributed by atoms with van der Waals surface area (Å²) in [6.45, 7) is 8.64. The molecule has 1 aromatic heterocycles. The number of hydrogen-bond acceptors (Lipinski definition) is 5. The molecule has 1 aromatic carbocycles. The molecular weight excluding hydrogens is 451 g/mol.